The van der Waals surface area contributed by atoms with Crippen molar-refractivity contribution in [3.05, 3.63) is 84.2 Å². The Balaban J connectivity index is 2.33. The Bertz CT molecular complexity index is 738. The molecule has 0 radical (unpaired) electrons. The maximum absolute atomic E-state index is 13.5. The molecule has 3 rings (SSSR count). The Morgan fingerprint density at radius 3 is 2.26 bits per heavy atom. The molecule has 0 spiro atoms. The average molecular weight is 309 g/mol. The monoisotopic (exact) mass is 309 g/mol. The van der Waals surface area contributed by atoms with Crippen LogP contribution in [0.15, 0.2) is 67.3 Å². The van der Waals surface area contributed by atoms with Gasteiger partial charge in [0.25, 0.3) is 0 Å². The van der Waals surface area contributed by atoms with E-state index in [-0.39, 0.29) is 11.7 Å². The molecule has 0 amide bonds. The van der Waals surface area contributed by atoms with Gasteiger partial charge in [0.05, 0.1) is 0 Å². The molecule has 0 aliphatic rings. The first-order chi connectivity index (χ1) is 11.2. The zero-order valence-electron chi connectivity index (χ0n) is 13.4. The molecule has 0 bridgehead atoms. The Hall–Kier alpha value is -2.49. The van der Waals surface area contributed by atoms with E-state index in [1.165, 1.54) is 12.1 Å². The molecule has 0 aliphatic heterocycles. The largest absolute Gasteiger partial charge is 0.238 e. The van der Waals surface area contributed by atoms with Crippen LogP contribution in [-0.4, -0.2) is 14.8 Å². The number of benzene rings is 2. The summed E-state index contributed by atoms with van der Waals surface area (Å²) >= 11 is 0. The summed E-state index contributed by atoms with van der Waals surface area (Å²) in [6.45, 7) is 4.35. The van der Waals surface area contributed by atoms with Crippen LogP contribution in [-0.2, 0) is 5.54 Å². The SMILES string of the molecule is CCC(C)C(c1ccccc1)(c1ccc(F)cc1)n1cncn1. The van der Waals surface area contributed by atoms with Crippen molar-refractivity contribution in [3.63, 3.8) is 0 Å². The van der Waals surface area contributed by atoms with Gasteiger partial charge in [0.2, 0.25) is 0 Å². The topological polar surface area (TPSA) is 30.7 Å². The van der Waals surface area contributed by atoms with E-state index in [9.17, 15) is 4.39 Å². The highest BCUT2D eigenvalue weighted by molar-refractivity contribution is 5.40. The summed E-state index contributed by atoms with van der Waals surface area (Å²) in [7, 11) is 0. The van der Waals surface area contributed by atoms with Gasteiger partial charge in [-0.25, -0.2) is 14.1 Å². The molecular weight excluding hydrogens is 289 g/mol. The van der Waals surface area contributed by atoms with E-state index in [0.717, 1.165) is 17.5 Å². The van der Waals surface area contributed by atoms with Crippen LogP contribution in [0.3, 0.4) is 0 Å². The molecule has 2 atom stereocenters. The van der Waals surface area contributed by atoms with Crippen molar-refractivity contribution in [2.24, 2.45) is 5.92 Å². The van der Waals surface area contributed by atoms with E-state index in [1.54, 1.807) is 12.7 Å². The summed E-state index contributed by atoms with van der Waals surface area (Å²) in [6.07, 6.45) is 4.23. The lowest BCUT2D eigenvalue weighted by molar-refractivity contribution is 0.258. The molecule has 3 aromatic rings. The smallest absolute Gasteiger partial charge is 0.137 e. The molecule has 23 heavy (non-hydrogen) atoms. The molecule has 1 aromatic heterocycles. The molecule has 4 heteroatoms. The van der Waals surface area contributed by atoms with E-state index < -0.39 is 5.54 Å². The Labute approximate surface area is 135 Å². The molecule has 1 heterocycles. The molecule has 118 valence electrons. The molecule has 0 N–H and O–H groups in total. The Kier molecular flexibility index (Phi) is 4.24. The molecule has 3 nitrogen and oxygen atoms in total. The van der Waals surface area contributed by atoms with Gasteiger partial charge in [-0.3, -0.25) is 0 Å². The molecule has 0 fully saturated rings. The van der Waals surface area contributed by atoms with E-state index >= 15 is 0 Å². The standard InChI is InChI=1S/C19H20FN3/c1-3-15(2)19(23-14-21-13-22-23,16-7-5-4-6-8-16)17-9-11-18(20)12-10-17/h4-15H,3H2,1-2H3. The molecule has 0 saturated heterocycles. The van der Waals surface area contributed by atoms with Gasteiger partial charge in [-0.15, -0.1) is 0 Å². The van der Waals surface area contributed by atoms with Crippen LogP contribution >= 0.6 is 0 Å². The van der Waals surface area contributed by atoms with E-state index in [2.05, 4.69) is 36.1 Å². The summed E-state index contributed by atoms with van der Waals surface area (Å²) in [5.74, 6) is 0.00974. The fourth-order valence-corrected chi connectivity index (χ4v) is 3.31. The number of rotatable bonds is 5. The number of halogens is 1. The van der Waals surface area contributed by atoms with Gasteiger partial charge in [-0.05, 0) is 29.2 Å². The first-order valence-corrected chi connectivity index (χ1v) is 7.86. The zero-order chi connectivity index (χ0) is 16.3. The summed E-state index contributed by atoms with van der Waals surface area (Å²) in [4.78, 5) is 4.15. The summed E-state index contributed by atoms with van der Waals surface area (Å²) in [5.41, 5.74) is 1.61. The second kappa shape index (κ2) is 6.32. The Morgan fingerprint density at radius 2 is 1.70 bits per heavy atom. The first kappa shape index (κ1) is 15.4. The second-order valence-corrected chi connectivity index (χ2v) is 5.79. The van der Waals surface area contributed by atoms with Crippen molar-refractivity contribution in [1.82, 2.24) is 14.8 Å². The third-order valence-corrected chi connectivity index (χ3v) is 4.60. The second-order valence-electron chi connectivity index (χ2n) is 5.79. The van der Waals surface area contributed by atoms with Gasteiger partial charge >= 0.3 is 0 Å². The molecule has 0 saturated carbocycles. The summed E-state index contributed by atoms with van der Waals surface area (Å²) in [5, 5.41) is 4.44. The van der Waals surface area contributed by atoms with Crippen molar-refractivity contribution in [1.29, 1.82) is 0 Å². The maximum atomic E-state index is 13.5. The predicted octanol–water partition coefficient (Wildman–Crippen LogP) is 4.26. The first-order valence-electron chi connectivity index (χ1n) is 7.86. The number of nitrogens with zero attached hydrogens (tertiary/aromatic N) is 3. The van der Waals surface area contributed by atoms with E-state index in [1.807, 2.05) is 35.0 Å². The van der Waals surface area contributed by atoms with Gasteiger partial charge in [0.15, 0.2) is 0 Å². The highest BCUT2D eigenvalue weighted by Crippen LogP contribution is 2.41. The molecule has 2 aromatic carbocycles. The highest BCUT2D eigenvalue weighted by Gasteiger charge is 2.41. The fraction of sp³-hybridized carbons (Fsp3) is 0.263. The van der Waals surface area contributed by atoms with Gasteiger partial charge in [-0.1, -0.05) is 62.7 Å². The fourth-order valence-electron chi connectivity index (χ4n) is 3.31. The van der Waals surface area contributed by atoms with E-state index in [4.69, 9.17) is 0 Å². The number of hydrogen-bond acceptors (Lipinski definition) is 2. The number of aromatic nitrogens is 3. The van der Waals surface area contributed by atoms with Gasteiger partial charge in [0.1, 0.15) is 24.0 Å². The predicted molar refractivity (Wildman–Crippen MR) is 88.5 cm³/mol. The minimum atomic E-state index is -0.514. The van der Waals surface area contributed by atoms with Crippen molar-refractivity contribution in [2.45, 2.75) is 25.8 Å². The molecular formula is C19H20FN3. The third kappa shape index (κ3) is 2.54. The highest BCUT2D eigenvalue weighted by atomic mass is 19.1. The van der Waals surface area contributed by atoms with Crippen LogP contribution in [0.2, 0.25) is 0 Å². The minimum absolute atomic E-state index is 0.238. The minimum Gasteiger partial charge on any atom is -0.238 e. The normalized spacial score (nSPS) is 15.1. The van der Waals surface area contributed by atoms with Gasteiger partial charge < -0.3 is 0 Å². The van der Waals surface area contributed by atoms with Crippen LogP contribution in [0.5, 0.6) is 0 Å². The quantitative estimate of drug-likeness (QED) is 0.705. The van der Waals surface area contributed by atoms with Crippen LogP contribution in [0.1, 0.15) is 31.4 Å². The third-order valence-electron chi connectivity index (χ3n) is 4.60. The lowest BCUT2D eigenvalue weighted by atomic mass is 9.72. The van der Waals surface area contributed by atoms with Crippen LogP contribution in [0.4, 0.5) is 4.39 Å². The summed E-state index contributed by atoms with van der Waals surface area (Å²) < 4.78 is 15.4. The van der Waals surface area contributed by atoms with Crippen LogP contribution in [0, 0.1) is 11.7 Å². The number of hydrogen-bond donors (Lipinski definition) is 0. The maximum Gasteiger partial charge on any atom is 0.137 e. The lowest BCUT2D eigenvalue weighted by Crippen LogP contribution is -2.42. The van der Waals surface area contributed by atoms with Crippen LogP contribution in [0.25, 0.3) is 0 Å². The lowest BCUT2D eigenvalue weighted by Gasteiger charge is -2.40. The molecule has 0 aliphatic carbocycles. The summed E-state index contributed by atoms with van der Waals surface area (Å²) in [6, 6.07) is 16.9. The molecule has 2 unspecified atom stereocenters. The van der Waals surface area contributed by atoms with Crippen molar-refractivity contribution < 1.29 is 4.39 Å². The van der Waals surface area contributed by atoms with Gasteiger partial charge in [0, 0.05) is 0 Å². The van der Waals surface area contributed by atoms with E-state index in [0.29, 0.717) is 0 Å². The van der Waals surface area contributed by atoms with Crippen molar-refractivity contribution >= 4 is 0 Å². The average Bonchev–Trinajstić information content (AvgIpc) is 3.12. The van der Waals surface area contributed by atoms with Crippen molar-refractivity contribution in [2.75, 3.05) is 0 Å². The van der Waals surface area contributed by atoms with Crippen LogP contribution < -0.4 is 0 Å². The van der Waals surface area contributed by atoms with Gasteiger partial charge in [-0.2, -0.15) is 5.10 Å². The zero-order valence-corrected chi connectivity index (χ0v) is 13.4. The Morgan fingerprint density at radius 1 is 1.04 bits per heavy atom. The van der Waals surface area contributed by atoms with Crippen molar-refractivity contribution in [3.8, 4) is 0 Å².